The van der Waals surface area contributed by atoms with E-state index in [1.54, 1.807) is 6.20 Å². The van der Waals surface area contributed by atoms with Crippen molar-refractivity contribution in [2.75, 3.05) is 19.6 Å². The molecule has 2 aliphatic heterocycles. The molecule has 0 saturated carbocycles. The smallest absolute Gasteiger partial charge is 0.0768 e. The van der Waals surface area contributed by atoms with Crippen molar-refractivity contribution in [3.63, 3.8) is 0 Å². The van der Waals surface area contributed by atoms with Crippen molar-refractivity contribution in [3.05, 3.63) is 47.5 Å². The molecule has 1 fully saturated rings. The fourth-order valence-electron chi connectivity index (χ4n) is 3.49. The van der Waals surface area contributed by atoms with E-state index in [2.05, 4.69) is 32.0 Å². The first-order valence-electron chi connectivity index (χ1n) is 8.86. The Balaban J connectivity index is 1.23. The summed E-state index contributed by atoms with van der Waals surface area (Å²) in [6.45, 7) is 6.73. The van der Waals surface area contributed by atoms with Gasteiger partial charge in [-0.1, -0.05) is 6.07 Å². The van der Waals surface area contributed by atoms with E-state index >= 15 is 0 Å². The molecular weight excluding hydrogens is 302 g/mol. The minimum Gasteiger partial charge on any atom is -0.373 e. The number of nitrogens with zero attached hydrogens (tertiary/aromatic N) is 4. The molecule has 4 heterocycles. The van der Waals surface area contributed by atoms with Gasteiger partial charge in [0.2, 0.25) is 0 Å². The van der Waals surface area contributed by atoms with Crippen LogP contribution in [0.2, 0.25) is 0 Å². The Morgan fingerprint density at radius 1 is 1.25 bits per heavy atom. The Morgan fingerprint density at radius 3 is 2.96 bits per heavy atom. The van der Waals surface area contributed by atoms with Gasteiger partial charge in [-0.2, -0.15) is 5.10 Å². The predicted octanol–water partition coefficient (Wildman–Crippen LogP) is 1.56. The van der Waals surface area contributed by atoms with Gasteiger partial charge < -0.3 is 10.1 Å². The molecule has 0 unspecified atom stereocenters. The van der Waals surface area contributed by atoms with Crippen LogP contribution in [0.3, 0.4) is 0 Å². The zero-order valence-corrected chi connectivity index (χ0v) is 14.0. The fourth-order valence-corrected chi connectivity index (χ4v) is 3.49. The normalized spacial score (nSPS) is 19.3. The zero-order valence-electron chi connectivity index (χ0n) is 14.0. The molecule has 0 amide bonds. The summed E-state index contributed by atoms with van der Waals surface area (Å²) in [5, 5.41) is 8.13. The third-order valence-corrected chi connectivity index (χ3v) is 4.85. The van der Waals surface area contributed by atoms with Crippen LogP contribution < -0.4 is 5.32 Å². The zero-order chi connectivity index (χ0) is 16.2. The second-order valence-electron chi connectivity index (χ2n) is 6.67. The lowest BCUT2D eigenvalue weighted by Gasteiger charge is -2.31. The molecule has 0 atom stereocenters. The minimum absolute atomic E-state index is 0.362. The van der Waals surface area contributed by atoms with Crippen molar-refractivity contribution in [2.24, 2.45) is 0 Å². The van der Waals surface area contributed by atoms with E-state index in [0.29, 0.717) is 12.7 Å². The summed E-state index contributed by atoms with van der Waals surface area (Å²) < 4.78 is 8.19. The molecule has 2 aromatic heterocycles. The van der Waals surface area contributed by atoms with E-state index in [1.807, 2.05) is 12.3 Å². The van der Waals surface area contributed by atoms with Crippen LogP contribution in [-0.2, 0) is 31.0 Å². The monoisotopic (exact) mass is 327 g/mol. The number of ether oxygens (including phenoxy) is 1. The van der Waals surface area contributed by atoms with Gasteiger partial charge in [0.05, 0.1) is 30.6 Å². The van der Waals surface area contributed by atoms with Gasteiger partial charge in [-0.05, 0) is 30.5 Å². The highest BCUT2D eigenvalue weighted by atomic mass is 16.5. The molecule has 0 aromatic carbocycles. The first-order chi connectivity index (χ1) is 11.9. The molecule has 6 nitrogen and oxygen atoms in total. The molecule has 0 aliphatic carbocycles. The van der Waals surface area contributed by atoms with E-state index in [1.165, 1.54) is 11.4 Å². The Morgan fingerprint density at radius 2 is 2.17 bits per heavy atom. The number of fused-ring (bicyclic) bond motifs is 1. The van der Waals surface area contributed by atoms with E-state index < -0.39 is 0 Å². The van der Waals surface area contributed by atoms with Crippen molar-refractivity contribution >= 4 is 0 Å². The lowest BCUT2D eigenvalue weighted by molar-refractivity contribution is -0.00426. The molecule has 0 bridgehead atoms. The van der Waals surface area contributed by atoms with Crippen LogP contribution in [0.15, 0.2) is 30.6 Å². The summed E-state index contributed by atoms with van der Waals surface area (Å²) in [6.07, 6.45) is 6.22. The Bertz CT molecular complexity index is 625. The van der Waals surface area contributed by atoms with Gasteiger partial charge in [0.15, 0.2) is 0 Å². The van der Waals surface area contributed by atoms with E-state index in [9.17, 15) is 0 Å². The summed E-state index contributed by atoms with van der Waals surface area (Å²) in [4.78, 5) is 6.62. The summed E-state index contributed by atoms with van der Waals surface area (Å²) in [5.41, 5.74) is 3.66. The molecular formula is C18H25N5O. The highest BCUT2D eigenvalue weighted by molar-refractivity contribution is 5.12. The number of pyridine rings is 1. The van der Waals surface area contributed by atoms with E-state index in [0.717, 1.165) is 57.7 Å². The highest BCUT2D eigenvalue weighted by Crippen LogP contribution is 2.18. The molecule has 24 heavy (non-hydrogen) atoms. The van der Waals surface area contributed by atoms with Gasteiger partial charge in [0, 0.05) is 45.1 Å². The third kappa shape index (κ3) is 3.83. The molecule has 2 aromatic rings. The van der Waals surface area contributed by atoms with E-state index in [4.69, 9.17) is 9.84 Å². The molecule has 4 rings (SSSR count). The fraction of sp³-hybridized carbons (Fsp3) is 0.556. The maximum absolute atomic E-state index is 6.04. The summed E-state index contributed by atoms with van der Waals surface area (Å²) in [7, 11) is 0. The van der Waals surface area contributed by atoms with Crippen molar-refractivity contribution in [1.82, 2.24) is 25.0 Å². The summed E-state index contributed by atoms with van der Waals surface area (Å²) in [5.74, 6) is 0. The number of aromatic nitrogens is 3. The number of piperidine rings is 1. The Labute approximate surface area is 142 Å². The van der Waals surface area contributed by atoms with Crippen LogP contribution in [-0.4, -0.2) is 45.4 Å². The van der Waals surface area contributed by atoms with Crippen LogP contribution in [0.5, 0.6) is 0 Å². The molecule has 1 saturated heterocycles. The molecule has 1 N–H and O–H groups in total. The van der Waals surface area contributed by atoms with Gasteiger partial charge >= 0.3 is 0 Å². The average molecular weight is 327 g/mol. The van der Waals surface area contributed by atoms with Crippen LogP contribution in [0.25, 0.3) is 0 Å². The number of likely N-dealkylation sites (tertiary alicyclic amines) is 1. The topological polar surface area (TPSA) is 55.2 Å². The largest absolute Gasteiger partial charge is 0.373 e. The van der Waals surface area contributed by atoms with Crippen molar-refractivity contribution in [3.8, 4) is 0 Å². The molecule has 6 heteroatoms. The lowest BCUT2D eigenvalue weighted by Crippen LogP contribution is -2.36. The van der Waals surface area contributed by atoms with Crippen LogP contribution >= 0.6 is 0 Å². The van der Waals surface area contributed by atoms with Gasteiger partial charge in [0.25, 0.3) is 0 Å². The molecule has 2 aliphatic rings. The molecule has 128 valence electrons. The highest BCUT2D eigenvalue weighted by Gasteiger charge is 2.21. The maximum Gasteiger partial charge on any atom is 0.0768 e. The third-order valence-electron chi connectivity index (χ3n) is 4.85. The second-order valence-corrected chi connectivity index (χ2v) is 6.67. The number of rotatable bonds is 5. The predicted molar refractivity (Wildman–Crippen MR) is 91.3 cm³/mol. The Hall–Kier alpha value is -1.76. The quantitative estimate of drug-likeness (QED) is 0.903. The molecule has 0 spiro atoms. The van der Waals surface area contributed by atoms with Crippen molar-refractivity contribution in [1.29, 1.82) is 0 Å². The maximum atomic E-state index is 6.04. The minimum atomic E-state index is 0.362. The standard InChI is InChI=1S/C18H25N5O/c1-2-15(11-19-5-1)14-24-18-3-7-22(8-4-18)13-16-10-17-12-20-6-9-23(17)21-16/h1-2,5,10-11,18,20H,3-4,6-9,12-14H2. The van der Waals surface area contributed by atoms with Gasteiger partial charge in [-0.25, -0.2) is 0 Å². The average Bonchev–Trinajstić information content (AvgIpc) is 3.04. The van der Waals surface area contributed by atoms with Crippen LogP contribution in [0.4, 0.5) is 0 Å². The van der Waals surface area contributed by atoms with Gasteiger partial charge in [-0.3, -0.25) is 14.6 Å². The first-order valence-corrected chi connectivity index (χ1v) is 8.86. The summed E-state index contributed by atoms with van der Waals surface area (Å²) >= 11 is 0. The van der Waals surface area contributed by atoms with Gasteiger partial charge in [-0.15, -0.1) is 0 Å². The number of hydrogen-bond acceptors (Lipinski definition) is 5. The van der Waals surface area contributed by atoms with Crippen molar-refractivity contribution in [2.45, 2.75) is 45.2 Å². The van der Waals surface area contributed by atoms with Crippen molar-refractivity contribution < 1.29 is 4.74 Å². The second kappa shape index (κ2) is 7.42. The van der Waals surface area contributed by atoms with Gasteiger partial charge in [0.1, 0.15) is 0 Å². The lowest BCUT2D eigenvalue weighted by atomic mass is 10.1. The summed E-state index contributed by atoms with van der Waals surface area (Å²) in [6, 6.07) is 6.27. The van der Waals surface area contributed by atoms with Crippen LogP contribution in [0, 0.1) is 0 Å². The molecule has 0 radical (unpaired) electrons. The number of hydrogen-bond donors (Lipinski definition) is 1. The first kappa shape index (κ1) is 15.7. The SMILES string of the molecule is c1cncc(COC2CCN(Cc3cc4n(n3)CCNC4)CC2)c1. The Kier molecular flexibility index (Phi) is 4.87. The number of nitrogens with one attached hydrogen (secondary N) is 1. The van der Waals surface area contributed by atoms with Crippen LogP contribution in [0.1, 0.15) is 29.8 Å². The van der Waals surface area contributed by atoms with E-state index in [-0.39, 0.29) is 0 Å².